The molecule has 0 aromatic heterocycles. The number of likely N-dealkylation sites (tertiary alicyclic amines) is 1. The predicted octanol–water partition coefficient (Wildman–Crippen LogP) is 3.18. The van der Waals surface area contributed by atoms with Crippen molar-refractivity contribution in [3.63, 3.8) is 0 Å². The summed E-state index contributed by atoms with van der Waals surface area (Å²) >= 11 is 0. The summed E-state index contributed by atoms with van der Waals surface area (Å²) in [6.07, 6.45) is 6.98. The van der Waals surface area contributed by atoms with Crippen molar-refractivity contribution in [1.82, 2.24) is 4.90 Å². The van der Waals surface area contributed by atoms with E-state index in [1.165, 1.54) is 43.2 Å². The van der Waals surface area contributed by atoms with E-state index >= 15 is 0 Å². The van der Waals surface area contributed by atoms with Crippen LogP contribution in [0.5, 0.6) is 5.75 Å². The smallest absolute Gasteiger partial charge is 0.119 e. The zero-order valence-electron chi connectivity index (χ0n) is 13.9. The number of benzene rings is 1. The second-order valence-electron chi connectivity index (χ2n) is 7.07. The average molecular weight is 303 g/mol. The number of ether oxygens (including phenoxy) is 1. The van der Waals surface area contributed by atoms with Gasteiger partial charge in [-0.2, -0.15) is 0 Å². The molecule has 0 radical (unpaired) electrons. The SMILES string of the molecule is C[C@@H]1CCC[C@@H](C)N1C[C@H](O)COc1ccc2c(c1)CCC2. The Bertz CT molecular complexity index is 492. The van der Waals surface area contributed by atoms with Crippen molar-refractivity contribution in [1.29, 1.82) is 0 Å². The number of β-amino-alcohol motifs (C(OH)–C–C–N with tert-alkyl or cyclic N) is 1. The molecule has 0 bridgehead atoms. The first-order valence-electron chi connectivity index (χ1n) is 8.82. The number of fused-ring (bicyclic) bond motifs is 1. The zero-order valence-corrected chi connectivity index (χ0v) is 13.9. The van der Waals surface area contributed by atoms with Crippen LogP contribution in [0.3, 0.4) is 0 Å². The first kappa shape index (κ1) is 15.8. The Kier molecular flexibility index (Phi) is 5.04. The molecule has 1 aliphatic heterocycles. The summed E-state index contributed by atoms with van der Waals surface area (Å²) in [5.41, 5.74) is 2.88. The van der Waals surface area contributed by atoms with E-state index < -0.39 is 6.10 Å². The number of hydrogen-bond acceptors (Lipinski definition) is 3. The van der Waals surface area contributed by atoms with E-state index in [0.717, 1.165) is 12.2 Å². The molecule has 0 spiro atoms. The molecule has 1 aromatic carbocycles. The number of nitrogens with zero attached hydrogens (tertiary/aromatic N) is 1. The van der Waals surface area contributed by atoms with Gasteiger partial charge in [-0.1, -0.05) is 12.5 Å². The summed E-state index contributed by atoms with van der Waals surface area (Å²) in [6.45, 7) is 5.63. The van der Waals surface area contributed by atoms with Gasteiger partial charge in [0.05, 0.1) is 0 Å². The molecule has 3 nitrogen and oxygen atoms in total. The van der Waals surface area contributed by atoms with Crippen LogP contribution in [0.1, 0.15) is 50.7 Å². The minimum atomic E-state index is -0.420. The minimum Gasteiger partial charge on any atom is -0.491 e. The van der Waals surface area contributed by atoms with Crippen molar-refractivity contribution >= 4 is 0 Å². The van der Waals surface area contributed by atoms with Crippen LogP contribution in [0.2, 0.25) is 0 Å². The van der Waals surface area contributed by atoms with E-state index in [1.54, 1.807) is 0 Å². The van der Waals surface area contributed by atoms with Crippen LogP contribution in [0, 0.1) is 0 Å². The second-order valence-corrected chi connectivity index (χ2v) is 7.07. The van der Waals surface area contributed by atoms with Crippen LogP contribution >= 0.6 is 0 Å². The largest absolute Gasteiger partial charge is 0.491 e. The molecule has 3 heteroatoms. The van der Waals surface area contributed by atoms with Gasteiger partial charge in [-0.05, 0) is 69.2 Å². The van der Waals surface area contributed by atoms with Crippen LogP contribution < -0.4 is 4.74 Å². The summed E-state index contributed by atoms with van der Waals surface area (Å²) in [5, 5.41) is 10.3. The molecule has 0 unspecified atom stereocenters. The Morgan fingerprint density at radius 1 is 1.14 bits per heavy atom. The van der Waals surface area contributed by atoms with Gasteiger partial charge in [0.15, 0.2) is 0 Å². The molecular weight excluding hydrogens is 274 g/mol. The highest BCUT2D eigenvalue weighted by Gasteiger charge is 2.26. The van der Waals surface area contributed by atoms with E-state index in [0.29, 0.717) is 25.2 Å². The van der Waals surface area contributed by atoms with Gasteiger partial charge in [-0.3, -0.25) is 4.90 Å². The first-order valence-corrected chi connectivity index (χ1v) is 8.82. The van der Waals surface area contributed by atoms with Gasteiger partial charge < -0.3 is 9.84 Å². The minimum absolute atomic E-state index is 0.384. The third kappa shape index (κ3) is 3.64. The lowest BCUT2D eigenvalue weighted by molar-refractivity contribution is 0.0209. The maximum absolute atomic E-state index is 10.3. The highest BCUT2D eigenvalue weighted by atomic mass is 16.5. The molecule has 1 aliphatic carbocycles. The van der Waals surface area contributed by atoms with Crippen molar-refractivity contribution in [3.05, 3.63) is 29.3 Å². The fourth-order valence-corrected chi connectivity index (χ4v) is 3.96. The first-order chi connectivity index (χ1) is 10.6. The molecule has 1 saturated heterocycles. The van der Waals surface area contributed by atoms with E-state index in [4.69, 9.17) is 4.74 Å². The second kappa shape index (κ2) is 7.01. The monoisotopic (exact) mass is 303 g/mol. The Labute approximate surface area is 134 Å². The predicted molar refractivity (Wildman–Crippen MR) is 89.4 cm³/mol. The molecule has 1 fully saturated rings. The van der Waals surface area contributed by atoms with Crippen molar-refractivity contribution in [2.75, 3.05) is 13.2 Å². The lowest BCUT2D eigenvalue weighted by Crippen LogP contribution is -2.48. The van der Waals surface area contributed by atoms with Crippen LogP contribution in [0.4, 0.5) is 0 Å². The van der Waals surface area contributed by atoms with Gasteiger partial charge in [0.1, 0.15) is 18.5 Å². The Balaban J connectivity index is 1.50. The van der Waals surface area contributed by atoms with Gasteiger partial charge in [-0.15, -0.1) is 0 Å². The highest BCUT2D eigenvalue weighted by Crippen LogP contribution is 2.26. The number of aliphatic hydroxyl groups is 1. The molecule has 1 N–H and O–H groups in total. The van der Waals surface area contributed by atoms with Gasteiger partial charge in [0.25, 0.3) is 0 Å². The molecule has 1 aromatic rings. The third-order valence-corrected chi connectivity index (χ3v) is 5.31. The fraction of sp³-hybridized carbons (Fsp3) is 0.684. The topological polar surface area (TPSA) is 32.7 Å². The van der Waals surface area contributed by atoms with Crippen LogP contribution in [0.25, 0.3) is 0 Å². The Hall–Kier alpha value is -1.06. The maximum Gasteiger partial charge on any atom is 0.119 e. The molecular formula is C19H29NO2. The molecule has 3 rings (SSSR count). The molecule has 22 heavy (non-hydrogen) atoms. The lowest BCUT2D eigenvalue weighted by atomic mass is 9.97. The van der Waals surface area contributed by atoms with E-state index in [2.05, 4.69) is 30.9 Å². The number of hydrogen-bond donors (Lipinski definition) is 1. The number of aliphatic hydroxyl groups excluding tert-OH is 1. The van der Waals surface area contributed by atoms with Gasteiger partial charge in [0, 0.05) is 18.6 Å². The molecule has 122 valence electrons. The third-order valence-electron chi connectivity index (χ3n) is 5.31. The van der Waals surface area contributed by atoms with Crippen molar-refractivity contribution in [2.24, 2.45) is 0 Å². The van der Waals surface area contributed by atoms with E-state index in [-0.39, 0.29) is 0 Å². The Morgan fingerprint density at radius 3 is 2.64 bits per heavy atom. The lowest BCUT2D eigenvalue weighted by Gasteiger charge is -2.40. The number of rotatable bonds is 5. The highest BCUT2D eigenvalue weighted by molar-refractivity contribution is 5.38. The summed E-state index contributed by atoms with van der Waals surface area (Å²) < 4.78 is 5.83. The number of piperidine rings is 1. The van der Waals surface area contributed by atoms with Gasteiger partial charge in [0.2, 0.25) is 0 Å². The average Bonchev–Trinajstić information content (AvgIpc) is 2.96. The zero-order chi connectivity index (χ0) is 15.5. The fourth-order valence-electron chi connectivity index (χ4n) is 3.96. The van der Waals surface area contributed by atoms with Crippen LogP contribution in [0.15, 0.2) is 18.2 Å². The Morgan fingerprint density at radius 2 is 1.86 bits per heavy atom. The van der Waals surface area contributed by atoms with Crippen LogP contribution in [-0.4, -0.2) is 41.3 Å². The quantitative estimate of drug-likeness (QED) is 0.907. The molecule has 1 heterocycles. The van der Waals surface area contributed by atoms with E-state index in [9.17, 15) is 5.11 Å². The summed E-state index contributed by atoms with van der Waals surface area (Å²) in [5.74, 6) is 0.902. The molecule has 2 aliphatic rings. The van der Waals surface area contributed by atoms with Crippen molar-refractivity contribution in [2.45, 2.75) is 70.6 Å². The summed E-state index contributed by atoms with van der Waals surface area (Å²) in [4.78, 5) is 2.43. The maximum atomic E-state index is 10.3. The molecule has 0 amide bonds. The van der Waals surface area contributed by atoms with Gasteiger partial charge >= 0.3 is 0 Å². The standard InChI is InChI=1S/C19H29NO2/c1-14-5-3-6-15(2)20(14)12-18(21)13-22-19-10-9-16-7-4-8-17(16)11-19/h9-11,14-15,18,21H,3-8,12-13H2,1-2H3/t14-,15-,18+/m1/s1. The van der Waals surface area contributed by atoms with Crippen molar-refractivity contribution in [3.8, 4) is 5.75 Å². The summed E-state index contributed by atoms with van der Waals surface area (Å²) in [6, 6.07) is 7.51. The molecule has 0 saturated carbocycles. The number of aryl methyl sites for hydroxylation is 2. The normalized spacial score (nSPS) is 26.7. The van der Waals surface area contributed by atoms with E-state index in [1.807, 2.05) is 6.07 Å². The van der Waals surface area contributed by atoms with Crippen molar-refractivity contribution < 1.29 is 9.84 Å². The molecule has 3 atom stereocenters. The van der Waals surface area contributed by atoms with Crippen LogP contribution in [-0.2, 0) is 12.8 Å². The van der Waals surface area contributed by atoms with Gasteiger partial charge in [-0.25, -0.2) is 0 Å². The summed E-state index contributed by atoms with van der Waals surface area (Å²) in [7, 11) is 0.